The maximum absolute atomic E-state index is 13.2. The van der Waals surface area contributed by atoms with E-state index in [0.717, 1.165) is 17.0 Å². The molecule has 2 unspecified atom stereocenters. The third-order valence-corrected chi connectivity index (χ3v) is 6.21. The fourth-order valence-corrected chi connectivity index (χ4v) is 4.91. The summed E-state index contributed by atoms with van der Waals surface area (Å²) in [6, 6.07) is 5.87. The molecule has 0 aliphatic carbocycles. The smallest absolute Gasteiger partial charge is 0.341 e. The summed E-state index contributed by atoms with van der Waals surface area (Å²) < 4.78 is 39.3. The van der Waals surface area contributed by atoms with Gasteiger partial charge in [0.1, 0.15) is 6.04 Å². The van der Waals surface area contributed by atoms with Crippen molar-refractivity contribution < 1.29 is 22.8 Å². The number of thiocarbonyl (C=S) groups is 1. The number of amides is 3. The lowest BCUT2D eigenvalue weighted by Crippen LogP contribution is -2.55. The Labute approximate surface area is 180 Å². The van der Waals surface area contributed by atoms with Gasteiger partial charge in [-0.3, -0.25) is 9.78 Å². The molecule has 0 saturated carbocycles. The molecule has 3 amide bonds. The maximum atomic E-state index is 13.2. The minimum Gasteiger partial charge on any atom is -0.341 e. The monoisotopic (exact) mass is 447 g/mol. The summed E-state index contributed by atoms with van der Waals surface area (Å²) in [4.78, 5) is 34.4. The zero-order valence-corrected chi connectivity index (χ0v) is 16.7. The Balaban J connectivity index is 1.39. The summed E-state index contributed by atoms with van der Waals surface area (Å²) >= 11 is 5.50. The first-order chi connectivity index (χ1) is 14.8. The van der Waals surface area contributed by atoms with Crippen LogP contribution in [0.15, 0.2) is 48.8 Å². The molecule has 1 aromatic heterocycles. The molecule has 3 fully saturated rings. The summed E-state index contributed by atoms with van der Waals surface area (Å²) in [5.74, 6) is -0.536. The van der Waals surface area contributed by atoms with Gasteiger partial charge >= 0.3 is 12.2 Å². The second-order valence-electron chi connectivity index (χ2n) is 7.64. The van der Waals surface area contributed by atoms with Crippen molar-refractivity contribution >= 4 is 40.6 Å². The van der Waals surface area contributed by atoms with Gasteiger partial charge in [0.2, 0.25) is 0 Å². The van der Waals surface area contributed by atoms with Gasteiger partial charge in [-0.15, -0.1) is 0 Å². The van der Waals surface area contributed by atoms with Crippen LogP contribution >= 0.6 is 12.2 Å². The number of anilines is 2. The molecule has 3 aliphatic heterocycles. The highest BCUT2D eigenvalue weighted by atomic mass is 32.1. The van der Waals surface area contributed by atoms with Gasteiger partial charge < -0.3 is 15.1 Å². The van der Waals surface area contributed by atoms with E-state index in [-0.39, 0.29) is 17.8 Å². The van der Waals surface area contributed by atoms with Crippen LogP contribution in [0.2, 0.25) is 0 Å². The number of imide groups is 1. The lowest BCUT2D eigenvalue weighted by molar-refractivity contribution is -0.137. The molecule has 160 valence electrons. The standard InChI is InChI=1S/C20H16F3N5O2S/c21-20(22,23)11-3-1-5-13(7-11)28-17(29)16-15-8-14(27(16)19(28)30)10-26(15)18(31)25-12-4-2-6-24-9-12/h1-7,9,14-16H,8,10H2,(H,25,31)/t14?,15?,16-/m1/s1. The van der Waals surface area contributed by atoms with Crippen molar-refractivity contribution in [3.8, 4) is 0 Å². The van der Waals surface area contributed by atoms with Gasteiger partial charge in [0.05, 0.1) is 35.2 Å². The van der Waals surface area contributed by atoms with Gasteiger partial charge in [-0.1, -0.05) is 6.07 Å². The molecule has 1 aromatic carbocycles. The second kappa shape index (κ2) is 6.91. The van der Waals surface area contributed by atoms with Crippen molar-refractivity contribution in [2.45, 2.75) is 30.7 Å². The minimum absolute atomic E-state index is 0.0822. The number of urea groups is 1. The minimum atomic E-state index is -4.57. The van der Waals surface area contributed by atoms with E-state index in [1.165, 1.54) is 17.0 Å². The first-order valence-corrected chi connectivity index (χ1v) is 9.97. The Bertz CT molecular complexity index is 1080. The number of piperazine rings is 1. The van der Waals surface area contributed by atoms with E-state index in [4.69, 9.17) is 12.2 Å². The van der Waals surface area contributed by atoms with Crippen molar-refractivity contribution in [3.05, 3.63) is 54.4 Å². The van der Waals surface area contributed by atoms with Crippen LogP contribution in [-0.4, -0.2) is 56.5 Å². The molecule has 7 nitrogen and oxygen atoms in total. The van der Waals surface area contributed by atoms with Gasteiger partial charge in [-0.25, -0.2) is 9.69 Å². The summed E-state index contributed by atoms with van der Waals surface area (Å²) in [5, 5.41) is 3.50. The Morgan fingerprint density at radius 1 is 1.19 bits per heavy atom. The molecule has 3 aliphatic rings. The van der Waals surface area contributed by atoms with Crippen molar-refractivity contribution in [3.63, 3.8) is 0 Å². The van der Waals surface area contributed by atoms with Crippen molar-refractivity contribution in [2.24, 2.45) is 0 Å². The number of fused-ring (bicyclic) bond motifs is 5. The summed E-state index contributed by atoms with van der Waals surface area (Å²) in [5.41, 5.74) is -0.295. The molecule has 3 saturated heterocycles. The Morgan fingerprint density at radius 2 is 2.00 bits per heavy atom. The molecule has 1 N–H and O–H groups in total. The van der Waals surface area contributed by atoms with E-state index < -0.39 is 29.7 Å². The number of benzene rings is 1. The lowest BCUT2D eigenvalue weighted by atomic mass is 10.1. The van der Waals surface area contributed by atoms with Crippen LogP contribution in [0.25, 0.3) is 0 Å². The number of carbonyl (C=O) groups is 2. The second-order valence-corrected chi connectivity index (χ2v) is 8.02. The van der Waals surface area contributed by atoms with Gasteiger partial charge in [0, 0.05) is 12.7 Å². The van der Waals surface area contributed by atoms with Crippen LogP contribution in [0, 0.1) is 0 Å². The van der Waals surface area contributed by atoms with Gasteiger partial charge in [-0.05, 0) is 49.0 Å². The molecule has 31 heavy (non-hydrogen) atoms. The van der Waals surface area contributed by atoms with E-state index in [2.05, 4.69) is 10.3 Å². The molecule has 5 rings (SSSR count). The number of nitrogens with zero attached hydrogens (tertiary/aromatic N) is 4. The fraction of sp³-hybridized carbons (Fsp3) is 0.300. The topological polar surface area (TPSA) is 68.8 Å². The van der Waals surface area contributed by atoms with Gasteiger partial charge in [0.25, 0.3) is 5.91 Å². The lowest BCUT2D eigenvalue weighted by Gasteiger charge is -2.36. The summed E-state index contributed by atoms with van der Waals surface area (Å²) in [6.07, 6.45) is -0.743. The van der Waals surface area contributed by atoms with E-state index in [9.17, 15) is 22.8 Å². The highest BCUT2D eigenvalue weighted by molar-refractivity contribution is 7.80. The van der Waals surface area contributed by atoms with Crippen molar-refractivity contribution in [1.82, 2.24) is 14.8 Å². The first-order valence-electron chi connectivity index (χ1n) is 9.57. The van der Waals surface area contributed by atoms with Crippen LogP contribution in [0.1, 0.15) is 12.0 Å². The van der Waals surface area contributed by atoms with Crippen molar-refractivity contribution in [2.75, 3.05) is 16.8 Å². The predicted octanol–water partition coefficient (Wildman–Crippen LogP) is 3.09. The highest BCUT2D eigenvalue weighted by Crippen LogP contribution is 2.43. The van der Waals surface area contributed by atoms with Crippen LogP contribution in [0.5, 0.6) is 0 Å². The number of aromatic nitrogens is 1. The van der Waals surface area contributed by atoms with E-state index in [1.54, 1.807) is 24.5 Å². The number of carbonyl (C=O) groups excluding carboxylic acids is 2. The first kappa shape index (κ1) is 19.7. The normalized spacial score (nSPS) is 24.7. The molecule has 0 radical (unpaired) electrons. The number of halogens is 3. The maximum Gasteiger partial charge on any atom is 0.416 e. The number of nitrogens with one attached hydrogen (secondary N) is 1. The van der Waals surface area contributed by atoms with E-state index in [1.807, 2.05) is 4.90 Å². The number of hydrogen-bond donors (Lipinski definition) is 1. The Kier molecular flexibility index (Phi) is 4.40. The Morgan fingerprint density at radius 3 is 2.71 bits per heavy atom. The number of hydrogen-bond acceptors (Lipinski definition) is 4. The molecule has 0 spiro atoms. The molecule has 3 atom stereocenters. The predicted molar refractivity (Wildman–Crippen MR) is 109 cm³/mol. The molecular formula is C20H16F3N5O2S. The quantitative estimate of drug-likeness (QED) is 0.564. The number of rotatable bonds is 2. The highest BCUT2D eigenvalue weighted by Gasteiger charge is 2.62. The van der Waals surface area contributed by atoms with Gasteiger partial charge in [-0.2, -0.15) is 13.2 Å². The molecule has 2 bridgehead atoms. The average Bonchev–Trinajstić information content (AvgIpc) is 3.40. The zero-order chi connectivity index (χ0) is 21.9. The molecular weight excluding hydrogens is 431 g/mol. The third kappa shape index (κ3) is 3.11. The number of pyridine rings is 1. The number of likely N-dealkylation sites (tertiary alicyclic amines) is 1. The van der Waals surface area contributed by atoms with Crippen LogP contribution < -0.4 is 10.2 Å². The average molecular weight is 447 g/mol. The van der Waals surface area contributed by atoms with Crippen LogP contribution in [0.4, 0.5) is 29.3 Å². The fourth-order valence-electron chi connectivity index (χ4n) is 4.58. The van der Waals surface area contributed by atoms with Crippen LogP contribution in [-0.2, 0) is 11.0 Å². The van der Waals surface area contributed by atoms with Crippen molar-refractivity contribution in [1.29, 1.82) is 0 Å². The molecule has 4 heterocycles. The largest absolute Gasteiger partial charge is 0.416 e. The number of alkyl halides is 3. The summed E-state index contributed by atoms with van der Waals surface area (Å²) in [6.45, 7) is 0.447. The third-order valence-electron chi connectivity index (χ3n) is 5.87. The summed E-state index contributed by atoms with van der Waals surface area (Å²) in [7, 11) is 0. The van der Waals surface area contributed by atoms with E-state index in [0.29, 0.717) is 23.8 Å². The Hall–Kier alpha value is -3.21. The van der Waals surface area contributed by atoms with E-state index >= 15 is 0 Å². The van der Waals surface area contributed by atoms with Crippen LogP contribution in [0.3, 0.4) is 0 Å². The zero-order valence-electron chi connectivity index (χ0n) is 15.9. The van der Waals surface area contributed by atoms with Gasteiger partial charge in [0.15, 0.2) is 5.11 Å². The molecule has 2 aromatic rings. The SMILES string of the molecule is O=C1[C@H]2C3CC(CN3C(=S)Nc3cccnc3)N2C(=O)N1c1cccc(C(F)(F)F)c1. The molecule has 11 heteroatoms.